The van der Waals surface area contributed by atoms with Gasteiger partial charge in [-0.1, -0.05) is 23.7 Å². The standard InChI is InChI=1S/C12H10ClN3O2/c13-11-5-9(10-6-14-15-7-10)2-1-8(11)3-4-12(17)16-18/h1-7,18H,(H,14,15)(H,16,17). The molecule has 1 aromatic heterocycles. The number of aromatic nitrogens is 2. The van der Waals surface area contributed by atoms with Crippen molar-refractivity contribution in [2.24, 2.45) is 0 Å². The first-order chi connectivity index (χ1) is 8.70. The number of aromatic amines is 1. The zero-order valence-corrected chi connectivity index (χ0v) is 9.98. The molecule has 1 heterocycles. The van der Waals surface area contributed by atoms with E-state index in [1.807, 2.05) is 6.07 Å². The Morgan fingerprint density at radius 3 is 2.89 bits per heavy atom. The van der Waals surface area contributed by atoms with Gasteiger partial charge in [-0.2, -0.15) is 5.10 Å². The van der Waals surface area contributed by atoms with E-state index in [-0.39, 0.29) is 0 Å². The van der Waals surface area contributed by atoms with Crippen molar-refractivity contribution in [3.63, 3.8) is 0 Å². The first kappa shape index (κ1) is 12.3. The maximum absolute atomic E-state index is 10.8. The molecule has 92 valence electrons. The van der Waals surface area contributed by atoms with E-state index < -0.39 is 5.91 Å². The summed E-state index contributed by atoms with van der Waals surface area (Å²) in [6.45, 7) is 0. The molecule has 18 heavy (non-hydrogen) atoms. The number of carbonyl (C=O) groups is 1. The summed E-state index contributed by atoms with van der Waals surface area (Å²) in [5.74, 6) is -0.607. The van der Waals surface area contributed by atoms with E-state index in [0.717, 1.165) is 11.1 Å². The van der Waals surface area contributed by atoms with Gasteiger partial charge in [-0.25, -0.2) is 5.48 Å². The lowest BCUT2D eigenvalue weighted by atomic mass is 10.1. The number of benzene rings is 1. The van der Waals surface area contributed by atoms with Crippen LogP contribution < -0.4 is 5.48 Å². The Bertz CT molecular complexity index is 579. The molecule has 2 aromatic rings. The lowest BCUT2D eigenvalue weighted by molar-refractivity contribution is -0.124. The van der Waals surface area contributed by atoms with E-state index in [2.05, 4.69) is 10.2 Å². The van der Waals surface area contributed by atoms with Crippen LogP contribution in [-0.2, 0) is 4.79 Å². The third-order valence-corrected chi connectivity index (χ3v) is 2.68. The first-order valence-corrected chi connectivity index (χ1v) is 5.49. The lowest BCUT2D eigenvalue weighted by Gasteiger charge is -2.02. The van der Waals surface area contributed by atoms with Crippen LogP contribution in [0, 0.1) is 0 Å². The summed E-state index contributed by atoms with van der Waals surface area (Å²) in [4.78, 5) is 10.8. The van der Waals surface area contributed by atoms with Crippen molar-refractivity contribution < 1.29 is 10.0 Å². The summed E-state index contributed by atoms with van der Waals surface area (Å²) in [6, 6.07) is 5.43. The molecule has 0 spiro atoms. The zero-order valence-electron chi connectivity index (χ0n) is 9.22. The number of nitrogens with zero attached hydrogens (tertiary/aromatic N) is 1. The number of halogens is 1. The highest BCUT2D eigenvalue weighted by Gasteiger charge is 2.03. The molecular weight excluding hydrogens is 254 g/mol. The van der Waals surface area contributed by atoms with Crippen LogP contribution in [0.2, 0.25) is 5.02 Å². The predicted octanol–water partition coefficient (Wildman–Crippen LogP) is 2.25. The SMILES string of the molecule is O=C(C=Cc1ccc(-c2cn[nH]c2)cc1Cl)NO. The minimum atomic E-state index is -0.607. The van der Waals surface area contributed by atoms with Gasteiger partial charge in [0.05, 0.1) is 6.20 Å². The molecule has 0 saturated heterocycles. The molecule has 0 atom stereocenters. The van der Waals surface area contributed by atoms with Crippen LogP contribution in [0.25, 0.3) is 17.2 Å². The fraction of sp³-hybridized carbons (Fsp3) is 0. The van der Waals surface area contributed by atoms with E-state index in [1.54, 1.807) is 24.5 Å². The highest BCUT2D eigenvalue weighted by Crippen LogP contribution is 2.25. The van der Waals surface area contributed by atoms with Crippen molar-refractivity contribution in [3.8, 4) is 11.1 Å². The quantitative estimate of drug-likeness (QED) is 0.451. The topological polar surface area (TPSA) is 78.0 Å². The van der Waals surface area contributed by atoms with Crippen LogP contribution in [0.3, 0.4) is 0 Å². The van der Waals surface area contributed by atoms with E-state index >= 15 is 0 Å². The molecule has 3 N–H and O–H groups in total. The van der Waals surface area contributed by atoms with Crippen LogP contribution in [0.5, 0.6) is 0 Å². The van der Waals surface area contributed by atoms with Crippen LogP contribution in [0.15, 0.2) is 36.7 Å². The molecule has 0 saturated carbocycles. The van der Waals surface area contributed by atoms with E-state index in [9.17, 15) is 4.79 Å². The Hall–Kier alpha value is -2.11. The van der Waals surface area contributed by atoms with Crippen molar-refractivity contribution in [2.45, 2.75) is 0 Å². The third kappa shape index (κ3) is 2.77. The van der Waals surface area contributed by atoms with E-state index in [0.29, 0.717) is 10.6 Å². The summed E-state index contributed by atoms with van der Waals surface area (Å²) >= 11 is 6.10. The minimum absolute atomic E-state index is 0.510. The molecule has 0 unspecified atom stereocenters. The number of hydroxylamine groups is 1. The Balaban J connectivity index is 2.26. The van der Waals surface area contributed by atoms with Gasteiger partial charge in [0.15, 0.2) is 0 Å². The van der Waals surface area contributed by atoms with Crippen LogP contribution in [0.1, 0.15) is 5.56 Å². The van der Waals surface area contributed by atoms with Gasteiger partial charge in [0.2, 0.25) is 0 Å². The van der Waals surface area contributed by atoms with Crippen LogP contribution >= 0.6 is 11.6 Å². The highest BCUT2D eigenvalue weighted by molar-refractivity contribution is 6.32. The Kier molecular flexibility index (Phi) is 3.76. The fourth-order valence-electron chi connectivity index (χ4n) is 1.45. The molecule has 2 rings (SSSR count). The monoisotopic (exact) mass is 263 g/mol. The molecule has 0 radical (unpaired) electrons. The van der Waals surface area contributed by atoms with Gasteiger partial charge < -0.3 is 0 Å². The number of rotatable bonds is 3. The normalized spacial score (nSPS) is 10.8. The van der Waals surface area contributed by atoms with Crippen LogP contribution in [0.4, 0.5) is 0 Å². The fourth-order valence-corrected chi connectivity index (χ4v) is 1.70. The zero-order chi connectivity index (χ0) is 13.0. The highest BCUT2D eigenvalue weighted by atomic mass is 35.5. The Morgan fingerprint density at radius 2 is 2.28 bits per heavy atom. The number of carbonyl (C=O) groups excluding carboxylic acids is 1. The second-order valence-electron chi connectivity index (χ2n) is 3.53. The van der Waals surface area contributed by atoms with Gasteiger partial charge in [-0.3, -0.25) is 15.1 Å². The molecule has 0 aliphatic rings. The second-order valence-corrected chi connectivity index (χ2v) is 3.94. The maximum Gasteiger partial charge on any atom is 0.267 e. The summed E-state index contributed by atoms with van der Waals surface area (Å²) in [5.41, 5.74) is 4.05. The largest absolute Gasteiger partial charge is 0.288 e. The van der Waals surface area contributed by atoms with Gasteiger partial charge in [-0.15, -0.1) is 0 Å². The predicted molar refractivity (Wildman–Crippen MR) is 68.0 cm³/mol. The molecule has 0 aliphatic heterocycles. The molecule has 1 amide bonds. The van der Waals surface area contributed by atoms with Crippen LogP contribution in [-0.4, -0.2) is 21.3 Å². The van der Waals surface area contributed by atoms with Crippen molar-refractivity contribution in [2.75, 3.05) is 0 Å². The Morgan fingerprint density at radius 1 is 1.44 bits per heavy atom. The van der Waals surface area contributed by atoms with E-state index in [4.69, 9.17) is 16.8 Å². The summed E-state index contributed by atoms with van der Waals surface area (Å²) in [6.07, 6.45) is 6.17. The van der Waals surface area contributed by atoms with E-state index in [1.165, 1.54) is 17.6 Å². The Labute approximate surface area is 108 Å². The van der Waals surface area contributed by atoms with Gasteiger partial charge in [0, 0.05) is 22.9 Å². The number of H-pyrrole nitrogens is 1. The lowest BCUT2D eigenvalue weighted by Crippen LogP contribution is -2.14. The molecule has 0 fully saturated rings. The van der Waals surface area contributed by atoms with Gasteiger partial charge in [0.1, 0.15) is 0 Å². The number of nitrogens with one attached hydrogen (secondary N) is 2. The maximum atomic E-state index is 10.8. The smallest absolute Gasteiger partial charge is 0.267 e. The molecule has 0 bridgehead atoms. The molecule has 0 aliphatic carbocycles. The first-order valence-electron chi connectivity index (χ1n) is 5.11. The minimum Gasteiger partial charge on any atom is -0.288 e. The number of amides is 1. The molecule has 5 nitrogen and oxygen atoms in total. The van der Waals surface area contributed by atoms with Gasteiger partial charge in [-0.05, 0) is 23.3 Å². The average Bonchev–Trinajstić information content (AvgIpc) is 2.90. The van der Waals surface area contributed by atoms with Crippen molar-refractivity contribution >= 4 is 23.6 Å². The molecule has 6 heteroatoms. The van der Waals surface area contributed by atoms with Crippen molar-refractivity contribution in [1.82, 2.24) is 15.7 Å². The van der Waals surface area contributed by atoms with Crippen molar-refractivity contribution in [1.29, 1.82) is 0 Å². The summed E-state index contributed by atoms with van der Waals surface area (Å²) < 4.78 is 0. The average molecular weight is 264 g/mol. The van der Waals surface area contributed by atoms with Gasteiger partial charge >= 0.3 is 0 Å². The molecule has 1 aromatic carbocycles. The molecular formula is C12H10ClN3O2. The number of hydrogen-bond acceptors (Lipinski definition) is 3. The van der Waals surface area contributed by atoms with Gasteiger partial charge in [0.25, 0.3) is 5.91 Å². The summed E-state index contributed by atoms with van der Waals surface area (Å²) in [5, 5.41) is 15.4. The number of hydrogen-bond donors (Lipinski definition) is 3. The second kappa shape index (κ2) is 5.48. The van der Waals surface area contributed by atoms with Crippen molar-refractivity contribution in [3.05, 3.63) is 47.3 Å². The summed E-state index contributed by atoms with van der Waals surface area (Å²) in [7, 11) is 0. The third-order valence-electron chi connectivity index (χ3n) is 2.36.